The molecule has 4 aliphatic rings. The van der Waals surface area contributed by atoms with Crippen molar-refractivity contribution in [3.05, 3.63) is 192 Å². The third kappa shape index (κ3) is 6.31. The van der Waals surface area contributed by atoms with Crippen LogP contribution in [-0.4, -0.2) is 0 Å². The number of aryl methyl sites for hydroxylation is 2. The molecule has 4 atom stereocenters. The van der Waals surface area contributed by atoms with Gasteiger partial charge in [-0.2, -0.15) is 0 Å². The van der Waals surface area contributed by atoms with Gasteiger partial charge in [0.25, 0.3) is 0 Å². The highest BCUT2D eigenvalue weighted by Crippen LogP contribution is 2.57. The van der Waals surface area contributed by atoms with Crippen molar-refractivity contribution in [1.82, 2.24) is 0 Å². The molecule has 2 saturated carbocycles. The zero-order valence-corrected chi connectivity index (χ0v) is 37.2. The lowest BCUT2D eigenvalue weighted by Crippen LogP contribution is -2.28. The van der Waals surface area contributed by atoms with Gasteiger partial charge in [-0.25, -0.2) is 0 Å². The molecule has 0 heterocycles. The monoisotopic (exact) mass is 824 g/mol. The second-order valence-electron chi connectivity index (χ2n) is 18.8. The van der Waals surface area contributed by atoms with Crippen molar-refractivity contribution in [2.45, 2.75) is 83.0 Å². The van der Waals surface area contributed by atoms with Gasteiger partial charge in [0, 0.05) is 0 Å². The quantitative estimate of drug-likeness (QED) is 0.140. The van der Waals surface area contributed by atoms with E-state index >= 15 is 0 Å². The van der Waals surface area contributed by atoms with Gasteiger partial charge in [0.15, 0.2) is 0 Å². The maximum absolute atomic E-state index is 2.61. The van der Waals surface area contributed by atoms with E-state index in [0.29, 0.717) is 17.3 Å². The molecular weight excluding hydrogens is 771 g/mol. The fourth-order valence-electron chi connectivity index (χ4n) is 12.8. The molecule has 8 aromatic rings. The number of hydrogen-bond donors (Lipinski definition) is 0. The van der Waals surface area contributed by atoms with Crippen LogP contribution < -0.4 is 31.8 Å². The van der Waals surface area contributed by atoms with Gasteiger partial charge in [0.2, 0.25) is 0 Å². The molecule has 2 fully saturated rings. The summed E-state index contributed by atoms with van der Waals surface area (Å²) >= 11 is 0. The minimum Gasteiger partial charge on any atom is -0.0622 e. The van der Waals surface area contributed by atoms with Crippen LogP contribution in [0.15, 0.2) is 170 Å². The summed E-state index contributed by atoms with van der Waals surface area (Å²) in [6.07, 6.45) is 13.2. The van der Waals surface area contributed by atoms with Gasteiger partial charge in [0.1, 0.15) is 0 Å². The highest BCUT2D eigenvalue weighted by molar-refractivity contribution is 7.80. The molecule has 4 aliphatic carbocycles. The molecule has 0 nitrogen and oxygen atoms in total. The molecule has 300 valence electrons. The van der Waals surface area contributed by atoms with Crippen LogP contribution in [-0.2, 0) is 12.8 Å². The van der Waals surface area contributed by atoms with Gasteiger partial charge in [-0.15, -0.1) is 0 Å². The van der Waals surface area contributed by atoms with E-state index in [-0.39, 0.29) is 0 Å². The van der Waals surface area contributed by atoms with Crippen LogP contribution in [0.1, 0.15) is 92.4 Å². The number of benzene rings is 8. The first-order chi connectivity index (χ1) is 30.1. The molecule has 61 heavy (non-hydrogen) atoms. The maximum Gasteiger partial charge on any atom is -0.000873 e. The summed E-state index contributed by atoms with van der Waals surface area (Å²) < 4.78 is 0. The van der Waals surface area contributed by atoms with Gasteiger partial charge in [0.05, 0.1) is 0 Å². The van der Waals surface area contributed by atoms with E-state index in [9.17, 15) is 0 Å². The first-order valence-corrected chi connectivity index (χ1v) is 25.8. The van der Waals surface area contributed by atoms with Crippen molar-refractivity contribution >= 4 is 69.2 Å². The van der Waals surface area contributed by atoms with E-state index in [1.807, 2.05) is 0 Å². The van der Waals surface area contributed by atoms with Crippen LogP contribution in [0.3, 0.4) is 0 Å². The van der Waals surface area contributed by atoms with Crippen LogP contribution >= 0.6 is 15.8 Å². The predicted molar refractivity (Wildman–Crippen MR) is 266 cm³/mol. The topological polar surface area (TPSA) is 0 Å². The summed E-state index contributed by atoms with van der Waals surface area (Å²) in [5.74, 6) is 2.23. The lowest BCUT2D eigenvalue weighted by molar-refractivity contribution is 0.253. The summed E-state index contributed by atoms with van der Waals surface area (Å²) in [7, 11) is -1.79. The Balaban J connectivity index is 1.23. The molecule has 0 radical (unpaired) electrons. The third-order valence-electron chi connectivity index (χ3n) is 15.7. The fourth-order valence-corrected chi connectivity index (χ4v) is 17.8. The van der Waals surface area contributed by atoms with Crippen molar-refractivity contribution in [2.24, 2.45) is 11.3 Å². The molecule has 0 N–H and O–H groups in total. The minimum absolute atomic E-state index is 0.430. The molecule has 2 heteroatoms. The van der Waals surface area contributed by atoms with E-state index < -0.39 is 15.8 Å². The Bertz CT molecular complexity index is 2820. The summed E-state index contributed by atoms with van der Waals surface area (Å²) in [4.78, 5) is 0. The average molecular weight is 825 g/mol. The molecule has 0 bridgehead atoms. The summed E-state index contributed by atoms with van der Waals surface area (Å²) in [6, 6.07) is 66.6. The van der Waals surface area contributed by atoms with E-state index in [0.717, 1.165) is 5.92 Å². The van der Waals surface area contributed by atoms with Gasteiger partial charge < -0.3 is 0 Å². The Morgan fingerprint density at radius 2 is 0.885 bits per heavy atom. The van der Waals surface area contributed by atoms with Crippen LogP contribution in [0.4, 0.5) is 0 Å². The standard InChI is InChI=1S/C59H54P2/c1-59-38-15-26-54(59)51-30-32-53-49(50(51)37-39-59)34-36-56(61(43-21-10-4-11-22-43)44-23-12-5-13-24-44)58(53)57-52-31-29-46-45-25-14-16-40(45)27-28-47(46)48(52)33-35-55(57)60(41-17-6-2-7-18-41)42-19-8-3-9-20-42/h2-13,17-24,29-36,40,45,54H,14-16,25-28,37-39H2,1H3/t40?,45?,54?,59-/m0/s1. The zero-order chi connectivity index (χ0) is 40.5. The van der Waals surface area contributed by atoms with Crippen LogP contribution in [0.25, 0.3) is 32.7 Å². The van der Waals surface area contributed by atoms with Crippen molar-refractivity contribution in [3.8, 4) is 11.1 Å². The highest BCUT2D eigenvalue weighted by Gasteiger charge is 2.43. The molecule has 0 amide bonds. The number of rotatable bonds is 7. The van der Waals surface area contributed by atoms with Crippen molar-refractivity contribution < 1.29 is 0 Å². The predicted octanol–water partition coefficient (Wildman–Crippen LogP) is 13.2. The third-order valence-corrected chi connectivity index (χ3v) is 20.6. The normalized spacial score (nSPS) is 21.7. The second-order valence-corrected chi connectivity index (χ2v) is 23.2. The van der Waals surface area contributed by atoms with Crippen molar-refractivity contribution in [3.63, 3.8) is 0 Å². The Morgan fingerprint density at radius 3 is 1.41 bits per heavy atom. The number of fused-ring (bicyclic) bond motifs is 10. The second kappa shape index (κ2) is 15.5. The Morgan fingerprint density at radius 1 is 0.410 bits per heavy atom. The highest BCUT2D eigenvalue weighted by atomic mass is 31.1. The molecule has 0 aliphatic heterocycles. The first-order valence-electron chi connectivity index (χ1n) is 23.1. The summed E-state index contributed by atoms with van der Waals surface area (Å²) in [5, 5.41) is 14.4. The molecule has 0 spiro atoms. The van der Waals surface area contributed by atoms with E-state index in [1.54, 1.807) is 22.3 Å². The Kier molecular flexibility index (Phi) is 9.62. The summed E-state index contributed by atoms with van der Waals surface area (Å²) in [5.41, 5.74) is 9.90. The largest absolute Gasteiger partial charge is 0.0622 e. The molecule has 3 unspecified atom stereocenters. The van der Waals surface area contributed by atoms with Crippen LogP contribution in [0, 0.1) is 11.3 Å². The van der Waals surface area contributed by atoms with Gasteiger partial charge in [-0.1, -0.05) is 190 Å². The zero-order valence-electron chi connectivity index (χ0n) is 35.4. The molecule has 0 saturated heterocycles. The molecule has 8 aromatic carbocycles. The molecular formula is C59H54P2. The lowest BCUT2D eigenvalue weighted by atomic mass is 9.66. The fraction of sp³-hybridized carbons (Fsp3) is 0.254. The molecule has 0 aromatic heterocycles. The molecule has 12 rings (SSSR count). The smallest absolute Gasteiger partial charge is 0.000873 e. The van der Waals surface area contributed by atoms with E-state index in [4.69, 9.17) is 0 Å². The first kappa shape index (κ1) is 37.9. The van der Waals surface area contributed by atoms with Gasteiger partial charge in [-0.3, -0.25) is 0 Å². The van der Waals surface area contributed by atoms with Crippen LogP contribution in [0.5, 0.6) is 0 Å². The van der Waals surface area contributed by atoms with Crippen molar-refractivity contribution in [1.29, 1.82) is 0 Å². The Labute approximate surface area is 365 Å². The van der Waals surface area contributed by atoms with Gasteiger partial charge >= 0.3 is 0 Å². The average Bonchev–Trinajstić information content (AvgIpc) is 3.98. The van der Waals surface area contributed by atoms with E-state index in [2.05, 4.69) is 177 Å². The van der Waals surface area contributed by atoms with Crippen molar-refractivity contribution in [2.75, 3.05) is 0 Å². The van der Waals surface area contributed by atoms with Gasteiger partial charge in [-0.05, 0) is 177 Å². The minimum atomic E-state index is -0.898. The van der Waals surface area contributed by atoms with Crippen LogP contribution in [0.2, 0.25) is 0 Å². The lowest BCUT2D eigenvalue weighted by Gasteiger charge is -2.39. The summed E-state index contributed by atoms with van der Waals surface area (Å²) in [6.45, 7) is 2.59. The van der Waals surface area contributed by atoms with E-state index in [1.165, 1.54) is 129 Å². The Hall–Kier alpha value is -4.86. The maximum atomic E-state index is 2.61. The SMILES string of the molecule is C[C@@]12CCCC1c1ccc3c(-c4c(P(c5ccccc5)c5ccccc5)ccc5c6c(ccc45)C4CCCC4CC6)c(P(c4ccccc4)c4ccccc4)ccc3c1CC2. The number of hydrogen-bond acceptors (Lipinski definition) is 0.